The molecule has 1 aliphatic heterocycles. The van der Waals surface area contributed by atoms with E-state index in [1.807, 2.05) is 23.1 Å². The highest BCUT2D eigenvalue weighted by molar-refractivity contribution is 9.10. The lowest BCUT2D eigenvalue weighted by Crippen LogP contribution is -2.39. The van der Waals surface area contributed by atoms with Crippen LogP contribution < -0.4 is 4.80 Å². The number of halogens is 1. The Balaban J connectivity index is 1.67. The van der Waals surface area contributed by atoms with Gasteiger partial charge in [-0.1, -0.05) is 34.2 Å². The van der Waals surface area contributed by atoms with Crippen LogP contribution in [-0.2, 0) is 25.7 Å². The standard InChI is InChI=1S/C20H24BrN3O4S2/c1-13-5-7-23(8-6-13)18(26)12-29-11-17(25)22-20-24(10-19(27)28-2)15-4-3-14(21)9-16(15)30-20/h3-4,9,13H,5-8,10-12H2,1-2H3. The first-order valence-electron chi connectivity index (χ1n) is 9.66. The molecule has 1 aromatic heterocycles. The predicted octanol–water partition coefficient (Wildman–Crippen LogP) is 3.06. The molecule has 0 atom stereocenters. The van der Waals surface area contributed by atoms with Gasteiger partial charge in [-0.15, -0.1) is 11.8 Å². The Hall–Kier alpha value is -1.65. The van der Waals surface area contributed by atoms with Crippen LogP contribution in [0.1, 0.15) is 19.8 Å². The van der Waals surface area contributed by atoms with Gasteiger partial charge in [-0.2, -0.15) is 4.99 Å². The van der Waals surface area contributed by atoms with Crippen LogP contribution in [0.5, 0.6) is 0 Å². The summed E-state index contributed by atoms with van der Waals surface area (Å²) in [5.74, 6) is 0.392. The van der Waals surface area contributed by atoms with Crippen molar-refractivity contribution < 1.29 is 19.1 Å². The second kappa shape index (κ2) is 10.6. The Morgan fingerprint density at radius 3 is 2.70 bits per heavy atom. The molecule has 0 radical (unpaired) electrons. The molecule has 0 aliphatic carbocycles. The van der Waals surface area contributed by atoms with Crippen LogP contribution in [0.4, 0.5) is 0 Å². The molecule has 30 heavy (non-hydrogen) atoms. The number of hydrogen-bond acceptors (Lipinski definition) is 6. The molecule has 1 aromatic carbocycles. The van der Waals surface area contributed by atoms with Gasteiger partial charge in [0.15, 0.2) is 4.80 Å². The minimum atomic E-state index is -0.415. The smallest absolute Gasteiger partial charge is 0.325 e. The third-order valence-corrected chi connectivity index (χ3v) is 7.40. The first kappa shape index (κ1) is 23.0. The third kappa shape index (κ3) is 5.95. The third-order valence-electron chi connectivity index (χ3n) is 4.97. The van der Waals surface area contributed by atoms with E-state index in [2.05, 4.69) is 27.8 Å². The van der Waals surface area contributed by atoms with E-state index < -0.39 is 5.97 Å². The van der Waals surface area contributed by atoms with Gasteiger partial charge in [0.1, 0.15) is 6.54 Å². The molecular weight excluding hydrogens is 490 g/mol. The Kier molecular flexibility index (Phi) is 8.13. The number of carbonyl (C=O) groups is 3. The summed E-state index contributed by atoms with van der Waals surface area (Å²) in [6.45, 7) is 3.77. The largest absolute Gasteiger partial charge is 0.468 e. The molecule has 0 N–H and O–H groups in total. The number of esters is 1. The number of nitrogens with zero attached hydrogens (tertiary/aromatic N) is 3. The monoisotopic (exact) mass is 513 g/mol. The van der Waals surface area contributed by atoms with E-state index in [1.165, 1.54) is 30.2 Å². The molecule has 0 spiro atoms. The first-order valence-corrected chi connectivity index (χ1v) is 12.4. The van der Waals surface area contributed by atoms with Crippen molar-refractivity contribution in [1.82, 2.24) is 9.47 Å². The molecule has 1 fully saturated rings. The molecule has 1 aliphatic rings. The van der Waals surface area contributed by atoms with Gasteiger partial charge in [0.05, 0.1) is 28.8 Å². The zero-order chi connectivity index (χ0) is 21.7. The number of thioether (sulfide) groups is 1. The summed E-state index contributed by atoms with van der Waals surface area (Å²) in [6, 6.07) is 5.66. The molecule has 7 nitrogen and oxygen atoms in total. The maximum atomic E-state index is 12.4. The Labute approximate surface area is 191 Å². The molecule has 0 unspecified atom stereocenters. The average Bonchev–Trinajstić information content (AvgIpc) is 3.04. The number of rotatable bonds is 6. The topological polar surface area (TPSA) is 81.0 Å². The van der Waals surface area contributed by atoms with E-state index in [1.54, 1.807) is 4.57 Å². The average molecular weight is 514 g/mol. The maximum Gasteiger partial charge on any atom is 0.325 e. The van der Waals surface area contributed by atoms with E-state index in [4.69, 9.17) is 4.74 Å². The zero-order valence-corrected chi connectivity index (χ0v) is 20.1. The molecule has 10 heteroatoms. The normalized spacial score (nSPS) is 15.6. The lowest BCUT2D eigenvalue weighted by atomic mass is 9.99. The van der Waals surface area contributed by atoms with Gasteiger partial charge in [-0.3, -0.25) is 14.4 Å². The summed E-state index contributed by atoms with van der Waals surface area (Å²) in [6.07, 6.45) is 2.07. The van der Waals surface area contributed by atoms with Gasteiger partial charge in [0.25, 0.3) is 5.91 Å². The lowest BCUT2D eigenvalue weighted by molar-refractivity contribution is -0.141. The molecular formula is C20H24BrN3O4S2. The van der Waals surface area contributed by atoms with Crippen molar-refractivity contribution in [2.24, 2.45) is 10.9 Å². The number of fused-ring (bicyclic) bond motifs is 1. The van der Waals surface area contributed by atoms with Crippen LogP contribution in [0, 0.1) is 5.92 Å². The second-order valence-corrected chi connectivity index (χ2v) is 10.1. The molecule has 1 saturated heterocycles. The zero-order valence-electron chi connectivity index (χ0n) is 16.9. The fraction of sp³-hybridized carbons (Fsp3) is 0.500. The number of carbonyl (C=O) groups excluding carboxylic acids is 3. The highest BCUT2D eigenvalue weighted by atomic mass is 79.9. The first-order chi connectivity index (χ1) is 14.4. The molecule has 0 bridgehead atoms. The van der Waals surface area contributed by atoms with Crippen molar-refractivity contribution in [3.63, 3.8) is 0 Å². The molecule has 3 rings (SSSR count). The number of hydrogen-bond donors (Lipinski definition) is 0. The van der Waals surface area contributed by atoms with E-state index in [0.29, 0.717) is 10.7 Å². The van der Waals surface area contributed by atoms with Gasteiger partial charge >= 0.3 is 5.97 Å². The number of aromatic nitrogens is 1. The van der Waals surface area contributed by atoms with Crippen molar-refractivity contribution in [1.29, 1.82) is 0 Å². The van der Waals surface area contributed by atoms with Crippen molar-refractivity contribution in [3.05, 3.63) is 27.5 Å². The van der Waals surface area contributed by atoms with Gasteiger partial charge < -0.3 is 14.2 Å². The summed E-state index contributed by atoms with van der Waals surface area (Å²) >= 11 is 6.05. The van der Waals surface area contributed by atoms with Crippen molar-refractivity contribution in [3.8, 4) is 0 Å². The Morgan fingerprint density at radius 1 is 1.27 bits per heavy atom. The van der Waals surface area contributed by atoms with Crippen molar-refractivity contribution in [2.45, 2.75) is 26.3 Å². The number of thiazole rings is 1. The van der Waals surface area contributed by atoms with Crippen LogP contribution in [0.2, 0.25) is 0 Å². The van der Waals surface area contributed by atoms with E-state index >= 15 is 0 Å². The number of benzene rings is 1. The van der Waals surface area contributed by atoms with E-state index in [-0.39, 0.29) is 29.9 Å². The molecule has 2 amide bonds. The molecule has 162 valence electrons. The minimum absolute atomic E-state index is 0.0245. The summed E-state index contributed by atoms with van der Waals surface area (Å²) in [4.78, 5) is 43.1. The minimum Gasteiger partial charge on any atom is -0.468 e. The van der Waals surface area contributed by atoms with Gasteiger partial charge in [-0.25, -0.2) is 0 Å². The highest BCUT2D eigenvalue weighted by Gasteiger charge is 2.20. The number of methoxy groups -OCH3 is 1. The summed E-state index contributed by atoms with van der Waals surface area (Å²) in [5, 5.41) is 0. The van der Waals surface area contributed by atoms with Crippen LogP contribution in [0.15, 0.2) is 27.7 Å². The highest BCUT2D eigenvalue weighted by Crippen LogP contribution is 2.22. The summed E-state index contributed by atoms with van der Waals surface area (Å²) < 4.78 is 8.26. The second-order valence-electron chi connectivity index (χ2n) is 7.22. The summed E-state index contributed by atoms with van der Waals surface area (Å²) in [7, 11) is 1.33. The van der Waals surface area contributed by atoms with Crippen LogP contribution in [0.3, 0.4) is 0 Å². The molecule has 0 saturated carbocycles. The predicted molar refractivity (Wildman–Crippen MR) is 122 cm³/mol. The van der Waals surface area contributed by atoms with Crippen molar-refractivity contribution in [2.75, 3.05) is 31.7 Å². The molecule has 2 heterocycles. The fourth-order valence-electron chi connectivity index (χ4n) is 3.19. The van der Waals surface area contributed by atoms with Crippen LogP contribution in [0.25, 0.3) is 10.2 Å². The Bertz CT molecular complexity index is 1010. The van der Waals surface area contributed by atoms with E-state index in [0.717, 1.165) is 40.6 Å². The number of ether oxygens (including phenoxy) is 1. The number of piperidine rings is 1. The SMILES string of the molecule is COC(=O)Cn1c(=NC(=O)CSCC(=O)N2CCC(C)CC2)sc2cc(Br)ccc21. The summed E-state index contributed by atoms with van der Waals surface area (Å²) in [5.41, 5.74) is 0.808. The van der Waals surface area contributed by atoms with Crippen LogP contribution >= 0.6 is 39.0 Å². The van der Waals surface area contributed by atoms with Gasteiger partial charge in [0, 0.05) is 17.6 Å². The number of likely N-dealkylation sites (tertiary alicyclic amines) is 1. The van der Waals surface area contributed by atoms with Crippen molar-refractivity contribution >= 4 is 67.0 Å². The van der Waals surface area contributed by atoms with E-state index in [9.17, 15) is 14.4 Å². The van der Waals surface area contributed by atoms with Gasteiger partial charge in [-0.05, 0) is 37.0 Å². The fourth-order valence-corrected chi connectivity index (χ4v) is 5.49. The molecule has 2 aromatic rings. The quantitative estimate of drug-likeness (QED) is 0.554. The number of amides is 2. The van der Waals surface area contributed by atoms with Gasteiger partial charge in [0.2, 0.25) is 5.91 Å². The van der Waals surface area contributed by atoms with Crippen LogP contribution in [-0.4, -0.2) is 59.0 Å². The lowest BCUT2D eigenvalue weighted by Gasteiger charge is -2.30. The maximum absolute atomic E-state index is 12.4. The Morgan fingerprint density at radius 2 is 2.00 bits per heavy atom.